The van der Waals surface area contributed by atoms with E-state index in [1.165, 1.54) is 0 Å². The summed E-state index contributed by atoms with van der Waals surface area (Å²) in [5.74, 6) is 0.479. The molecule has 2 aromatic carbocycles. The zero-order valence-corrected chi connectivity index (χ0v) is 11.1. The van der Waals surface area contributed by atoms with Crippen molar-refractivity contribution in [3.63, 3.8) is 0 Å². The Morgan fingerprint density at radius 3 is 2.28 bits per heavy atom. The van der Waals surface area contributed by atoms with Crippen LogP contribution in [0.4, 0.5) is 0 Å². The summed E-state index contributed by atoms with van der Waals surface area (Å²) in [6.07, 6.45) is 0. The molecule has 0 amide bonds. The van der Waals surface area contributed by atoms with E-state index >= 15 is 0 Å². The molecule has 0 saturated carbocycles. The first-order valence-electron chi connectivity index (χ1n) is 5.25. The van der Waals surface area contributed by atoms with Gasteiger partial charge in [0, 0.05) is 16.1 Å². The molecule has 0 aliphatic heterocycles. The summed E-state index contributed by atoms with van der Waals surface area (Å²) in [6, 6.07) is 11.7. The van der Waals surface area contributed by atoms with Gasteiger partial charge in [-0.3, -0.25) is 4.79 Å². The molecule has 0 atom stereocenters. The second-order valence-corrected chi connectivity index (χ2v) is 4.53. The number of hydrogen-bond donors (Lipinski definition) is 0. The smallest absolute Gasteiger partial charge is 0.194 e. The maximum Gasteiger partial charge on any atom is 0.194 e. The molecule has 4 heteroatoms. The Labute approximate surface area is 115 Å². The van der Waals surface area contributed by atoms with Gasteiger partial charge in [-0.1, -0.05) is 23.2 Å². The van der Waals surface area contributed by atoms with Gasteiger partial charge in [0.05, 0.1) is 12.1 Å². The zero-order chi connectivity index (χ0) is 13.1. The molecular weight excluding hydrogens is 271 g/mol. The van der Waals surface area contributed by atoms with Crippen molar-refractivity contribution in [2.75, 3.05) is 7.11 Å². The molecule has 2 aromatic rings. The molecule has 0 spiro atoms. The van der Waals surface area contributed by atoms with E-state index in [1.54, 1.807) is 49.6 Å². The molecule has 2 nitrogen and oxygen atoms in total. The highest BCUT2D eigenvalue weighted by Gasteiger charge is 2.13. The molecule has 0 aliphatic rings. The first-order valence-corrected chi connectivity index (χ1v) is 6.01. The lowest BCUT2D eigenvalue weighted by Gasteiger charge is -2.06. The Morgan fingerprint density at radius 1 is 1.06 bits per heavy atom. The minimum absolute atomic E-state index is 0.140. The Bertz CT molecular complexity index is 577. The predicted octanol–water partition coefficient (Wildman–Crippen LogP) is 4.23. The Kier molecular flexibility index (Phi) is 3.90. The molecule has 18 heavy (non-hydrogen) atoms. The number of carbonyl (C=O) groups excluding carboxylic acids is 1. The number of rotatable bonds is 3. The van der Waals surface area contributed by atoms with Crippen LogP contribution in [0, 0.1) is 0 Å². The lowest BCUT2D eigenvalue weighted by atomic mass is 10.0. The van der Waals surface area contributed by atoms with Crippen LogP contribution in [0.1, 0.15) is 15.9 Å². The van der Waals surface area contributed by atoms with E-state index in [-0.39, 0.29) is 5.78 Å². The first kappa shape index (κ1) is 12.9. The van der Waals surface area contributed by atoms with Gasteiger partial charge in [-0.05, 0) is 42.5 Å². The van der Waals surface area contributed by atoms with Crippen molar-refractivity contribution in [2.45, 2.75) is 0 Å². The third-order valence-electron chi connectivity index (χ3n) is 2.53. The minimum Gasteiger partial charge on any atom is -0.497 e. The van der Waals surface area contributed by atoms with E-state index in [1.807, 2.05) is 0 Å². The van der Waals surface area contributed by atoms with Crippen LogP contribution >= 0.6 is 23.2 Å². The second kappa shape index (κ2) is 5.42. The van der Waals surface area contributed by atoms with Crippen LogP contribution in [-0.4, -0.2) is 12.9 Å². The summed E-state index contributed by atoms with van der Waals surface area (Å²) in [4.78, 5) is 12.2. The zero-order valence-electron chi connectivity index (χ0n) is 9.61. The van der Waals surface area contributed by atoms with Crippen molar-refractivity contribution >= 4 is 29.0 Å². The highest BCUT2D eigenvalue weighted by molar-refractivity contribution is 6.35. The molecule has 0 aromatic heterocycles. The van der Waals surface area contributed by atoms with Gasteiger partial charge in [0.15, 0.2) is 5.78 Å². The third-order valence-corrected chi connectivity index (χ3v) is 3.09. The van der Waals surface area contributed by atoms with Crippen LogP contribution in [0.3, 0.4) is 0 Å². The first-order chi connectivity index (χ1) is 8.61. The van der Waals surface area contributed by atoms with Gasteiger partial charge in [-0.15, -0.1) is 0 Å². The van der Waals surface area contributed by atoms with E-state index in [9.17, 15) is 4.79 Å². The summed E-state index contributed by atoms with van der Waals surface area (Å²) in [5, 5.41) is 0.960. The fourth-order valence-corrected chi connectivity index (χ4v) is 1.95. The van der Waals surface area contributed by atoms with Crippen LogP contribution in [0.2, 0.25) is 10.0 Å². The SMILES string of the molecule is COc1ccc(C(=O)c2ccc(Cl)cc2)c(Cl)c1. The summed E-state index contributed by atoms with van der Waals surface area (Å²) < 4.78 is 5.04. The van der Waals surface area contributed by atoms with Crippen molar-refractivity contribution < 1.29 is 9.53 Å². The Balaban J connectivity index is 2.37. The van der Waals surface area contributed by atoms with Crippen molar-refractivity contribution in [1.82, 2.24) is 0 Å². The fourth-order valence-electron chi connectivity index (χ4n) is 1.56. The van der Waals surface area contributed by atoms with Crippen molar-refractivity contribution in [3.05, 3.63) is 63.6 Å². The molecule has 0 unspecified atom stereocenters. The van der Waals surface area contributed by atoms with Crippen LogP contribution in [0.25, 0.3) is 0 Å². The molecule has 0 heterocycles. The molecule has 0 aliphatic carbocycles. The lowest BCUT2D eigenvalue weighted by Crippen LogP contribution is -2.02. The Hall–Kier alpha value is -1.51. The van der Waals surface area contributed by atoms with Gasteiger partial charge in [-0.25, -0.2) is 0 Å². The van der Waals surface area contributed by atoms with Gasteiger partial charge < -0.3 is 4.74 Å². The van der Waals surface area contributed by atoms with Crippen LogP contribution in [-0.2, 0) is 0 Å². The molecule has 92 valence electrons. The number of benzene rings is 2. The highest BCUT2D eigenvalue weighted by Crippen LogP contribution is 2.25. The summed E-state index contributed by atoms with van der Waals surface area (Å²) in [7, 11) is 1.55. The lowest BCUT2D eigenvalue weighted by molar-refractivity contribution is 0.103. The maximum absolute atomic E-state index is 12.2. The van der Waals surface area contributed by atoms with Crippen LogP contribution in [0.15, 0.2) is 42.5 Å². The summed E-state index contributed by atoms with van der Waals surface area (Å²) in [6.45, 7) is 0. The number of ether oxygens (including phenoxy) is 1. The maximum atomic E-state index is 12.2. The topological polar surface area (TPSA) is 26.3 Å². The molecule has 2 rings (SSSR count). The largest absolute Gasteiger partial charge is 0.497 e. The summed E-state index contributed by atoms with van der Waals surface area (Å²) >= 11 is 11.8. The molecule has 0 radical (unpaired) electrons. The number of methoxy groups -OCH3 is 1. The van der Waals surface area contributed by atoms with Crippen molar-refractivity contribution in [1.29, 1.82) is 0 Å². The molecule has 0 saturated heterocycles. The minimum atomic E-state index is -0.140. The Morgan fingerprint density at radius 2 is 1.72 bits per heavy atom. The van der Waals surface area contributed by atoms with E-state index in [0.717, 1.165) is 0 Å². The van der Waals surface area contributed by atoms with Crippen molar-refractivity contribution in [3.8, 4) is 5.75 Å². The molecule has 0 bridgehead atoms. The van der Waals surface area contributed by atoms with Gasteiger partial charge in [0.2, 0.25) is 0 Å². The predicted molar refractivity (Wildman–Crippen MR) is 72.9 cm³/mol. The van der Waals surface area contributed by atoms with E-state index < -0.39 is 0 Å². The average molecular weight is 281 g/mol. The highest BCUT2D eigenvalue weighted by atomic mass is 35.5. The fraction of sp³-hybridized carbons (Fsp3) is 0.0714. The van der Waals surface area contributed by atoms with Gasteiger partial charge >= 0.3 is 0 Å². The van der Waals surface area contributed by atoms with Crippen LogP contribution in [0.5, 0.6) is 5.75 Å². The summed E-state index contributed by atoms with van der Waals surface area (Å²) in [5.41, 5.74) is 0.992. The van der Waals surface area contributed by atoms with E-state index in [2.05, 4.69) is 0 Å². The average Bonchev–Trinajstić information content (AvgIpc) is 2.38. The third kappa shape index (κ3) is 2.66. The second-order valence-electron chi connectivity index (χ2n) is 3.68. The van der Waals surface area contributed by atoms with Crippen molar-refractivity contribution in [2.24, 2.45) is 0 Å². The number of halogens is 2. The monoisotopic (exact) mass is 280 g/mol. The quantitative estimate of drug-likeness (QED) is 0.787. The standard InChI is InChI=1S/C14H10Cl2O2/c1-18-11-6-7-12(13(16)8-11)14(17)9-2-4-10(15)5-3-9/h2-8H,1H3. The van der Waals surface area contributed by atoms with Crippen LogP contribution < -0.4 is 4.74 Å². The normalized spacial score (nSPS) is 10.2. The number of hydrogen-bond acceptors (Lipinski definition) is 2. The van der Waals surface area contributed by atoms with Gasteiger partial charge in [0.25, 0.3) is 0 Å². The molecular formula is C14H10Cl2O2. The molecule has 0 fully saturated rings. The number of carbonyl (C=O) groups is 1. The molecule has 0 N–H and O–H groups in total. The van der Waals surface area contributed by atoms with Gasteiger partial charge in [0.1, 0.15) is 5.75 Å². The van der Waals surface area contributed by atoms with Gasteiger partial charge in [-0.2, -0.15) is 0 Å². The van der Waals surface area contributed by atoms with E-state index in [0.29, 0.717) is 26.9 Å². The number of ketones is 1. The van der Waals surface area contributed by atoms with E-state index in [4.69, 9.17) is 27.9 Å².